The van der Waals surface area contributed by atoms with Crippen LogP contribution in [0.25, 0.3) is 0 Å². The molecule has 0 unspecified atom stereocenters. The van der Waals surface area contributed by atoms with Crippen LogP contribution in [-0.4, -0.2) is 23.1 Å². The first-order valence-corrected chi connectivity index (χ1v) is 6.99. The zero-order valence-corrected chi connectivity index (χ0v) is 11.0. The molecule has 2 rings (SSSR count). The van der Waals surface area contributed by atoms with E-state index in [1.165, 1.54) is 24.4 Å². The molecule has 0 atom stereocenters. The maximum atomic E-state index is 11.1. The third-order valence-corrected chi connectivity index (χ3v) is 3.21. The van der Waals surface area contributed by atoms with Crippen molar-refractivity contribution in [1.82, 2.24) is 4.98 Å². The quantitative estimate of drug-likeness (QED) is 0.663. The number of hydrogen-bond donors (Lipinski definition) is 2. The highest BCUT2D eigenvalue weighted by Crippen LogP contribution is 2.22. The molecule has 104 valence electrons. The number of azo groups is 1. The topological polar surface area (TPSA) is 112 Å². The Hall–Kier alpha value is -2.32. The minimum absolute atomic E-state index is 0.0644. The number of aromatic hydroxyl groups is 1. The number of rotatable bonds is 4. The first-order valence-electron chi connectivity index (χ1n) is 5.55. The van der Waals surface area contributed by atoms with Gasteiger partial charge in [0.1, 0.15) is 11.4 Å². The Morgan fingerprint density at radius 1 is 1.15 bits per heavy atom. The Labute approximate surface area is 115 Å². The number of aromatic nitrogens is 1. The molecule has 8 heteroatoms. The number of pyridine rings is 1. The lowest BCUT2D eigenvalue weighted by Gasteiger charge is -2.00. The summed E-state index contributed by atoms with van der Waals surface area (Å²) >= 11 is 0. The van der Waals surface area contributed by atoms with Gasteiger partial charge < -0.3 is 5.11 Å². The van der Waals surface area contributed by atoms with Gasteiger partial charge in [-0.15, -0.1) is 0 Å². The Morgan fingerprint density at radius 3 is 2.60 bits per heavy atom. The Kier molecular flexibility index (Phi) is 4.06. The van der Waals surface area contributed by atoms with Crippen molar-refractivity contribution < 1.29 is 18.1 Å². The second kappa shape index (κ2) is 5.76. The summed E-state index contributed by atoms with van der Waals surface area (Å²) < 4.78 is 31.2. The van der Waals surface area contributed by atoms with Crippen LogP contribution in [0.1, 0.15) is 5.56 Å². The number of nitrogens with zero attached hydrogens (tertiary/aromatic N) is 3. The molecule has 0 radical (unpaired) electrons. The lowest BCUT2D eigenvalue weighted by atomic mass is 10.2. The van der Waals surface area contributed by atoms with E-state index in [0.717, 1.165) is 0 Å². The number of para-hydroxylation sites is 1. The van der Waals surface area contributed by atoms with E-state index >= 15 is 0 Å². The normalized spacial score (nSPS) is 11.8. The van der Waals surface area contributed by atoms with Crippen LogP contribution in [-0.2, 0) is 16.7 Å². The van der Waals surface area contributed by atoms with Crippen LogP contribution < -0.4 is 0 Å². The fourth-order valence-electron chi connectivity index (χ4n) is 1.49. The van der Waals surface area contributed by atoms with Gasteiger partial charge in [-0.1, -0.05) is 18.2 Å². The molecule has 1 aromatic carbocycles. The molecule has 7 nitrogen and oxygen atoms in total. The van der Waals surface area contributed by atoms with Crippen molar-refractivity contribution >= 4 is 15.8 Å². The molecule has 2 N–H and O–H groups in total. The summed E-state index contributed by atoms with van der Waals surface area (Å²) in [4.78, 5) is 3.55. The van der Waals surface area contributed by atoms with Crippen LogP contribution in [0.2, 0.25) is 0 Å². The summed E-state index contributed by atoms with van der Waals surface area (Å²) in [5.74, 6) is 0.0765. The standard InChI is InChI=1S/C12H11N3O4S/c16-11-6-2-1-4-9(11)8-14-15-10-5-3-7-13-12(10)20(17,18)19/h1-7,16H,8H2,(H,17,18,19). The van der Waals surface area contributed by atoms with Gasteiger partial charge in [0.2, 0.25) is 5.03 Å². The zero-order chi connectivity index (χ0) is 14.6. The average Bonchev–Trinajstić information content (AvgIpc) is 2.40. The van der Waals surface area contributed by atoms with Gasteiger partial charge in [-0.25, -0.2) is 4.98 Å². The second-order valence-electron chi connectivity index (χ2n) is 3.83. The smallest absolute Gasteiger partial charge is 0.314 e. The molecule has 0 amide bonds. The van der Waals surface area contributed by atoms with E-state index in [1.54, 1.807) is 18.2 Å². The van der Waals surface area contributed by atoms with E-state index in [2.05, 4.69) is 15.2 Å². The van der Waals surface area contributed by atoms with Crippen LogP contribution in [0.5, 0.6) is 5.75 Å². The van der Waals surface area contributed by atoms with Crippen molar-refractivity contribution in [3.63, 3.8) is 0 Å². The van der Waals surface area contributed by atoms with E-state index in [4.69, 9.17) is 4.55 Å². The molecule has 1 heterocycles. The molecule has 0 aliphatic rings. The van der Waals surface area contributed by atoms with E-state index in [-0.39, 0.29) is 18.0 Å². The van der Waals surface area contributed by atoms with Gasteiger partial charge in [-0.2, -0.15) is 18.6 Å². The van der Waals surface area contributed by atoms with Crippen molar-refractivity contribution in [1.29, 1.82) is 0 Å². The van der Waals surface area contributed by atoms with Crippen LogP contribution in [0.4, 0.5) is 5.69 Å². The Bertz CT molecular complexity index is 744. The highest BCUT2D eigenvalue weighted by Gasteiger charge is 2.16. The van der Waals surface area contributed by atoms with E-state index in [9.17, 15) is 13.5 Å². The highest BCUT2D eigenvalue weighted by atomic mass is 32.2. The van der Waals surface area contributed by atoms with Gasteiger partial charge in [0.25, 0.3) is 0 Å². The zero-order valence-electron chi connectivity index (χ0n) is 10.2. The average molecular weight is 293 g/mol. The first kappa shape index (κ1) is 14.1. The van der Waals surface area contributed by atoms with Crippen LogP contribution in [0, 0.1) is 0 Å². The van der Waals surface area contributed by atoms with Gasteiger partial charge in [0, 0.05) is 11.8 Å². The number of phenols is 1. The predicted octanol–water partition coefficient (Wildman–Crippen LogP) is 2.32. The van der Waals surface area contributed by atoms with Crippen LogP contribution in [0.15, 0.2) is 57.8 Å². The van der Waals surface area contributed by atoms with Gasteiger partial charge in [0.15, 0.2) is 0 Å². The molecular weight excluding hydrogens is 282 g/mol. The van der Waals surface area contributed by atoms with Crippen LogP contribution in [0.3, 0.4) is 0 Å². The molecule has 0 saturated carbocycles. The van der Waals surface area contributed by atoms with E-state index in [0.29, 0.717) is 5.56 Å². The maximum Gasteiger partial charge on any atom is 0.314 e. The Morgan fingerprint density at radius 2 is 1.90 bits per heavy atom. The minimum atomic E-state index is -4.45. The third kappa shape index (κ3) is 3.37. The SMILES string of the molecule is O=S(=O)(O)c1ncccc1N=NCc1ccccc1O. The van der Waals surface area contributed by atoms with Crippen molar-refractivity contribution in [2.24, 2.45) is 10.2 Å². The minimum Gasteiger partial charge on any atom is -0.508 e. The highest BCUT2D eigenvalue weighted by molar-refractivity contribution is 7.85. The van der Waals surface area contributed by atoms with Crippen LogP contribution >= 0.6 is 0 Å². The van der Waals surface area contributed by atoms with Crippen molar-refractivity contribution in [2.75, 3.05) is 0 Å². The van der Waals surface area contributed by atoms with Gasteiger partial charge in [-0.3, -0.25) is 4.55 Å². The number of phenolic OH excluding ortho intramolecular Hbond substituents is 1. The van der Waals surface area contributed by atoms with Crippen molar-refractivity contribution in [2.45, 2.75) is 11.6 Å². The molecule has 0 spiro atoms. The molecule has 0 aliphatic heterocycles. The molecule has 0 bridgehead atoms. The number of hydrogen-bond acceptors (Lipinski definition) is 6. The second-order valence-corrected chi connectivity index (χ2v) is 5.17. The molecule has 20 heavy (non-hydrogen) atoms. The molecular formula is C12H11N3O4S. The van der Waals surface area contributed by atoms with E-state index in [1.807, 2.05) is 0 Å². The summed E-state index contributed by atoms with van der Waals surface area (Å²) in [6.45, 7) is 0.0759. The summed E-state index contributed by atoms with van der Waals surface area (Å²) in [6, 6.07) is 9.43. The predicted molar refractivity (Wildman–Crippen MR) is 70.4 cm³/mol. The van der Waals surface area contributed by atoms with Gasteiger partial charge in [0.05, 0.1) is 6.54 Å². The first-order chi connectivity index (χ1) is 9.48. The van der Waals surface area contributed by atoms with E-state index < -0.39 is 15.1 Å². The molecule has 0 aliphatic carbocycles. The van der Waals surface area contributed by atoms with Gasteiger partial charge >= 0.3 is 10.1 Å². The van der Waals surface area contributed by atoms with Gasteiger partial charge in [-0.05, 0) is 18.2 Å². The monoisotopic (exact) mass is 293 g/mol. The van der Waals surface area contributed by atoms with Crippen molar-refractivity contribution in [3.05, 3.63) is 48.2 Å². The fourth-order valence-corrected chi connectivity index (χ4v) is 2.06. The third-order valence-electron chi connectivity index (χ3n) is 2.41. The summed E-state index contributed by atoms with van der Waals surface area (Å²) in [5.41, 5.74) is 0.485. The molecule has 0 fully saturated rings. The summed E-state index contributed by atoms with van der Waals surface area (Å²) in [5, 5.41) is 16.5. The molecule has 0 saturated heterocycles. The fraction of sp³-hybridized carbons (Fsp3) is 0.0833. The maximum absolute atomic E-state index is 11.1. The summed E-state index contributed by atoms with van der Waals surface area (Å²) in [6.07, 6.45) is 1.23. The molecule has 2 aromatic rings. The summed E-state index contributed by atoms with van der Waals surface area (Å²) in [7, 11) is -4.45. The molecule has 1 aromatic heterocycles. The van der Waals surface area contributed by atoms with Crippen molar-refractivity contribution in [3.8, 4) is 5.75 Å². The Balaban J connectivity index is 2.23. The largest absolute Gasteiger partial charge is 0.508 e. The lowest BCUT2D eigenvalue weighted by Crippen LogP contribution is -2.00. The number of benzene rings is 1. The lowest BCUT2D eigenvalue weighted by molar-refractivity contribution is 0.467.